The summed E-state index contributed by atoms with van der Waals surface area (Å²) in [4.78, 5) is 12.8. The number of aryl methyl sites for hydroxylation is 1. The molecule has 92 valence electrons. The van der Waals surface area contributed by atoms with Crippen LogP contribution >= 0.6 is 0 Å². The second-order valence-corrected chi connectivity index (χ2v) is 3.97. The average molecular weight is 243 g/mol. The Hall–Kier alpha value is -2.43. The molecule has 5 nitrogen and oxygen atoms in total. The fourth-order valence-electron chi connectivity index (χ4n) is 1.63. The summed E-state index contributed by atoms with van der Waals surface area (Å²) in [5, 5.41) is 16.7. The number of rotatable bonds is 3. The molecule has 5 heteroatoms. The van der Waals surface area contributed by atoms with Gasteiger partial charge in [0.25, 0.3) is 0 Å². The predicted molar refractivity (Wildman–Crippen MR) is 68.2 cm³/mol. The van der Waals surface area contributed by atoms with Gasteiger partial charge in [-0.15, -0.1) is 5.10 Å². The largest absolute Gasteiger partial charge is 0.478 e. The minimum Gasteiger partial charge on any atom is -0.478 e. The van der Waals surface area contributed by atoms with Crippen LogP contribution in [0.15, 0.2) is 36.5 Å². The molecule has 0 bridgehead atoms. The number of aromatic nitrogens is 2. The summed E-state index contributed by atoms with van der Waals surface area (Å²) in [6, 6.07) is 9.19. The topological polar surface area (TPSA) is 66.3 Å². The molecule has 0 aliphatic rings. The molecule has 18 heavy (non-hydrogen) atoms. The summed E-state index contributed by atoms with van der Waals surface area (Å²) >= 11 is 0. The molecule has 0 saturated carbocycles. The lowest BCUT2D eigenvalue weighted by Gasteiger charge is -2.19. The molecule has 1 aromatic heterocycles. The van der Waals surface area contributed by atoms with E-state index >= 15 is 0 Å². The lowest BCUT2D eigenvalue weighted by Crippen LogP contribution is -2.16. The molecule has 2 aromatic rings. The van der Waals surface area contributed by atoms with E-state index < -0.39 is 5.97 Å². The average Bonchev–Trinajstić information content (AvgIpc) is 2.39. The van der Waals surface area contributed by atoms with Gasteiger partial charge in [-0.1, -0.05) is 17.7 Å². The zero-order valence-electron chi connectivity index (χ0n) is 10.2. The van der Waals surface area contributed by atoms with E-state index in [2.05, 4.69) is 10.2 Å². The summed E-state index contributed by atoms with van der Waals surface area (Å²) in [5.41, 5.74) is 2.14. The van der Waals surface area contributed by atoms with Gasteiger partial charge < -0.3 is 10.0 Å². The molecule has 1 aromatic carbocycles. The van der Waals surface area contributed by atoms with Crippen LogP contribution in [0.4, 0.5) is 11.5 Å². The Bertz CT molecular complexity index is 567. The second kappa shape index (κ2) is 4.83. The number of anilines is 2. The Morgan fingerprint density at radius 3 is 2.50 bits per heavy atom. The first-order valence-electron chi connectivity index (χ1n) is 5.45. The highest BCUT2D eigenvalue weighted by Gasteiger charge is 2.16. The van der Waals surface area contributed by atoms with Crippen molar-refractivity contribution >= 4 is 17.5 Å². The quantitative estimate of drug-likeness (QED) is 0.895. The minimum absolute atomic E-state index is 0.132. The van der Waals surface area contributed by atoms with Gasteiger partial charge in [0.05, 0.1) is 6.20 Å². The molecule has 1 heterocycles. The molecule has 0 atom stereocenters. The molecule has 0 spiro atoms. The van der Waals surface area contributed by atoms with Crippen LogP contribution in [0.25, 0.3) is 0 Å². The number of hydrogen-bond donors (Lipinski definition) is 1. The molecule has 0 aliphatic carbocycles. The Kier molecular flexibility index (Phi) is 3.23. The number of carboxylic acid groups (broad SMARTS) is 1. The van der Waals surface area contributed by atoms with Gasteiger partial charge in [0.1, 0.15) is 5.56 Å². The monoisotopic (exact) mass is 243 g/mol. The van der Waals surface area contributed by atoms with Crippen molar-refractivity contribution in [2.75, 3.05) is 11.9 Å². The van der Waals surface area contributed by atoms with E-state index in [1.54, 1.807) is 11.9 Å². The summed E-state index contributed by atoms with van der Waals surface area (Å²) in [6.45, 7) is 1.99. The minimum atomic E-state index is -1.01. The molecule has 0 fully saturated rings. The van der Waals surface area contributed by atoms with Gasteiger partial charge >= 0.3 is 5.97 Å². The van der Waals surface area contributed by atoms with Gasteiger partial charge in [0.15, 0.2) is 5.82 Å². The molecule has 0 radical (unpaired) electrons. The lowest BCUT2D eigenvalue weighted by molar-refractivity contribution is 0.0697. The van der Waals surface area contributed by atoms with Crippen LogP contribution in [0.5, 0.6) is 0 Å². The van der Waals surface area contributed by atoms with E-state index in [1.807, 2.05) is 31.2 Å². The summed E-state index contributed by atoms with van der Waals surface area (Å²) in [7, 11) is 1.76. The van der Waals surface area contributed by atoms with Crippen molar-refractivity contribution in [2.45, 2.75) is 6.92 Å². The zero-order chi connectivity index (χ0) is 13.1. The fraction of sp³-hybridized carbons (Fsp3) is 0.154. The maximum atomic E-state index is 11.1. The van der Waals surface area contributed by atoms with Crippen LogP contribution in [0.2, 0.25) is 0 Å². The van der Waals surface area contributed by atoms with Crippen molar-refractivity contribution in [2.24, 2.45) is 0 Å². The van der Waals surface area contributed by atoms with Crippen molar-refractivity contribution in [3.05, 3.63) is 47.7 Å². The Labute approximate surface area is 105 Å². The Morgan fingerprint density at radius 1 is 1.22 bits per heavy atom. The van der Waals surface area contributed by atoms with Gasteiger partial charge in [-0.05, 0) is 25.1 Å². The molecule has 1 N–H and O–H groups in total. The third kappa shape index (κ3) is 2.29. The van der Waals surface area contributed by atoms with Gasteiger partial charge in [0, 0.05) is 12.7 Å². The smallest absolute Gasteiger partial charge is 0.339 e. The van der Waals surface area contributed by atoms with Crippen LogP contribution in [0.3, 0.4) is 0 Å². The van der Waals surface area contributed by atoms with Gasteiger partial charge in [-0.2, -0.15) is 5.10 Å². The Balaban J connectivity index is 2.42. The molecule has 2 rings (SSSR count). The van der Waals surface area contributed by atoms with E-state index in [9.17, 15) is 4.79 Å². The van der Waals surface area contributed by atoms with Crippen molar-refractivity contribution in [1.29, 1.82) is 0 Å². The van der Waals surface area contributed by atoms with E-state index in [4.69, 9.17) is 5.11 Å². The molecule has 0 aliphatic heterocycles. The number of aromatic carboxylic acids is 1. The molecular formula is C13H13N3O2. The van der Waals surface area contributed by atoms with Crippen molar-refractivity contribution in [3.8, 4) is 0 Å². The van der Waals surface area contributed by atoms with Crippen molar-refractivity contribution in [3.63, 3.8) is 0 Å². The number of nitrogens with zero attached hydrogens (tertiary/aromatic N) is 3. The first kappa shape index (κ1) is 12.0. The highest BCUT2D eigenvalue weighted by Crippen LogP contribution is 2.24. The SMILES string of the molecule is Cc1ccc(N(C)c2nnccc2C(=O)O)cc1. The van der Waals surface area contributed by atoms with Gasteiger partial charge in [0.2, 0.25) is 0 Å². The van der Waals surface area contributed by atoms with Crippen molar-refractivity contribution < 1.29 is 9.90 Å². The number of hydrogen-bond acceptors (Lipinski definition) is 4. The highest BCUT2D eigenvalue weighted by atomic mass is 16.4. The number of carboxylic acids is 1. The van der Waals surface area contributed by atoms with Crippen molar-refractivity contribution in [1.82, 2.24) is 10.2 Å². The number of benzene rings is 1. The van der Waals surface area contributed by atoms with Crippen LogP contribution in [0.1, 0.15) is 15.9 Å². The normalized spacial score (nSPS) is 10.1. The van der Waals surface area contributed by atoms with E-state index in [0.29, 0.717) is 5.82 Å². The maximum Gasteiger partial charge on any atom is 0.339 e. The second-order valence-electron chi connectivity index (χ2n) is 3.97. The van der Waals surface area contributed by atoms with Crippen LogP contribution in [0, 0.1) is 6.92 Å². The fourth-order valence-corrected chi connectivity index (χ4v) is 1.63. The summed E-state index contributed by atoms with van der Waals surface area (Å²) in [6.07, 6.45) is 1.37. The summed E-state index contributed by atoms with van der Waals surface area (Å²) in [5.74, 6) is -0.687. The Morgan fingerprint density at radius 2 is 1.89 bits per heavy atom. The number of carbonyl (C=O) groups is 1. The van der Waals surface area contributed by atoms with Crippen LogP contribution in [-0.2, 0) is 0 Å². The maximum absolute atomic E-state index is 11.1. The molecule has 0 unspecified atom stereocenters. The van der Waals surface area contributed by atoms with Crippen LogP contribution < -0.4 is 4.90 Å². The highest BCUT2D eigenvalue weighted by molar-refractivity contribution is 5.94. The summed E-state index contributed by atoms with van der Waals surface area (Å²) < 4.78 is 0. The predicted octanol–water partition coefficient (Wildman–Crippen LogP) is 2.25. The standard InChI is InChI=1S/C13H13N3O2/c1-9-3-5-10(6-4-9)16(2)12-11(13(17)18)7-8-14-15-12/h3-8H,1-2H3,(H,17,18). The lowest BCUT2D eigenvalue weighted by atomic mass is 10.2. The third-order valence-electron chi connectivity index (χ3n) is 2.67. The van der Waals surface area contributed by atoms with E-state index in [0.717, 1.165) is 11.3 Å². The van der Waals surface area contributed by atoms with E-state index in [-0.39, 0.29) is 5.56 Å². The third-order valence-corrected chi connectivity index (χ3v) is 2.67. The van der Waals surface area contributed by atoms with E-state index in [1.165, 1.54) is 12.3 Å². The molecule has 0 amide bonds. The van der Waals surface area contributed by atoms with Gasteiger partial charge in [-0.3, -0.25) is 0 Å². The molecule has 0 saturated heterocycles. The first-order valence-corrected chi connectivity index (χ1v) is 5.45. The van der Waals surface area contributed by atoms with Crippen LogP contribution in [-0.4, -0.2) is 28.3 Å². The zero-order valence-corrected chi connectivity index (χ0v) is 10.2. The molecular weight excluding hydrogens is 230 g/mol. The van der Waals surface area contributed by atoms with Gasteiger partial charge in [-0.25, -0.2) is 4.79 Å². The first-order chi connectivity index (χ1) is 8.59.